The minimum Gasteiger partial charge on any atom is -0.490 e. The molecule has 2 aliphatic carbocycles. The van der Waals surface area contributed by atoms with Gasteiger partial charge < -0.3 is 19.8 Å². The third-order valence-electron chi connectivity index (χ3n) is 9.65. The van der Waals surface area contributed by atoms with Crippen molar-refractivity contribution in [3.63, 3.8) is 0 Å². The first-order valence-corrected chi connectivity index (χ1v) is 16.6. The van der Waals surface area contributed by atoms with Crippen LogP contribution in [0.1, 0.15) is 43.7 Å². The molecule has 6 rings (SSSR count). The second-order valence-corrected chi connectivity index (χ2v) is 14.4. The number of halogens is 1. The van der Waals surface area contributed by atoms with E-state index < -0.39 is 34.2 Å². The third kappa shape index (κ3) is 5.58. The fourth-order valence-corrected chi connectivity index (χ4v) is 8.35. The van der Waals surface area contributed by atoms with Crippen molar-refractivity contribution in [2.24, 2.45) is 11.8 Å². The summed E-state index contributed by atoms with van der Waals surface area (Å²) < 4.78 is 35.4. The monoisotopic (exact) mass is 629 g/mol. The predicted octanol–water partition coefficient (Wildman–Crippen LogP) is 3.94. The minimum absolute atomic E-state index is 0.0453. The molecule has 230 valence electrons. The number of hydrogen-bond donors (Lipinski definition) is 3. The topological polar surface area (TPSA) is 136 Å². The molecular weight excluding hydrogens is 594 g/mol. The van der Waals surface area contributed by atoms with E-state index in [1.807, 2.05) is 12.1 Å². The Hall–Kier alpha value is -3.28. The fourth-order valence-electron chi connectivity index (χ4n) is 7.09. The van der Waals surface area contributed by atoms with Crippen LogP contribution < -0.4 is 14.4 Å². The van der Waals surface area contributed by atoms with Crippen LogP contribution in [0.4, 0.5) is 10.5 Å². The standard InChI is InChI=1S/C31H36ClN3O7S/c1-19-29(37)33-43(40,41)23-8-11-28-26(15-23)34(16-21-6-9-24(21)27(36)5-3-13-35(19)30(38)39)17-31(18-42-28)12-2-4-20-14-22(32)7-10-25(20)31/h3,5,7-8,10-11,14-15,19,21,24,27,36H,2,4,6,9,12-13,16-18H2,1H3,(H,33,37)(H,38,39). The number of anilines is 1. The zero-order valence-corrected chi connectivity index (χ0v) is 25.5. The molecule has 2 aliphatic heterocycles. The molecule has 0 aromatic heterocycles. The highest BCUT2D eigenvalue weighted by molar-refractivity contribution is 7.90. The molecule has 5 atom stereocenters. The lowest BCUT2D eigenvalue weighted by atomic mass is 9.68. The van der Waals surface area contributed by atoms with Gasteiger partial charge in [-0.05, 0) is 92.3 Å². The van der Waals surface area contributed by atoms with Crippen molar-refractivity contribution in [1.29, 1.82) is 0 Å². The van der Waals surface area contributed by atoms with Crippen molar-refractivity contribution < 1.29 is 33.0 Å². The van der Waals surface area contributed by atoms with Crippen LogP contribution in [0.25, 0.3) is 0 Å². The number of aliphatic hydroxyl groups excluding tert-OH is 1. The molecule has 10 nitrogen and oxygen atoms in total. The maximum atomic E-state index is 13.4. The number of nitrogens with zero attached hydrogens (tertiary/aromatic N) is 2. The molecule has 1 fully saturated rings. The van der Waals surface area contributed by atoms with Crippen molar-refractivity contribution in [2.75, 3.05) is 31.1 Å². The summed E-state index contributed by atoms with van der Waals surface area (Å²) in [6.07, 6.45) is 5.44. The summed E-state index contributed by atoms with van der Waals surface area (Å²) in [6.45, 7) is 2.73. The second-order valence-electron chi connectivity index (χ2n) is 12.2. The number of sulfonamides is 1. The number of ether oxygens (including phenoxy) is 1. The number of aliphatic hydroxyl groups is 1. The maximum Gasteiger partial charge on any atom is 0.408 e. The SMILES string of the molecule is CC1C(=O)NS(=O)(=O)c2ccc3c(c2)N(CC2CCC2C(O)C=CCN1C(=O)O)CC1(CCCc2cc(Cl)ccc21)CO3. The lowest BCUT2D eigenvalue weighted by Gasteiger charge is -2.45. The van der Waals surface area contributed by atoms with Gasteiger partial charge in [0.05, 0.1) is 23.3 Å². The summed E-state index contributed by atoms with van der Waals surface area (Å²) >= 11 is 6.36. The fraction of sp³-hybridized carbons (Fsp3) is 0.484. The number of carboxylic acid groups (broad SMARTS) is 1. The molecule has 2 bridgehead atoms. The minimum atomic E-state index is -4.33. The largest absolute Gasteiger partial charge is 0.490 e. The van der Waals surface area contributed by atoms with Gasteiger partial charge in [-0.2, -0.15) is 0 Å². The summed E-state index contributed by atoms with van der Waals surface area (Å²) in [5.74, 6) is -0.345. The molecule has 4 aliphatic rings. The highest BCUT2D eigenvalue weighted by atomic mass is 35.5. The van der Waals surface area contributed by atoms with Crippen LogP contribution in [0.2, 0.25) is 5.02 Å². The van der Waals surface area contributed by atoms with E-state index in [4.69, 9.17) is 16.3 Å². The first-order chi connectivity index (χ1) is 20.5. The van der Waals surface area contributed by atoms with E-state index >= 15 is 0 Å². The zero-order chi connectivity index (χ0) is 30.5. The van der Waals surface area contributed by atoms with Crippen molar-refractivity contribution in [3.8, 4) is 5.75 Å². The number of rotatable bonds is 0. The van der Waals surface area contributed by atoms with Crippen LogP contribution in [0.15, 0.2) is 53.4 Å². The average molecular weight is 630 g/mol. The molecule has 1 spiro atoms. The summed E-state index contributed by atoms with van der Waals surface area (Å²) in [6, 6.07) is 9.28. The van der Waals surface area contributed by atoms with Gasteiger partial charge in [0.1, 0.15) is 11.8 Å². The summed E-state index contributed by atoms with van der Waals surface area (Å²) in [7, 11) is -4.33. The van der Waals surface area contributed by atoms with Gasteiger partial charge in [0.15, 0.2) is 0 Å². The number of fused-ring (bicyclic) bond motifs is 4. The lowest BCUT2D eigenvalue weighted by molar-refractivity contribution is -0.123. The van der Waals surface area contributed by atoms with E-state index in [2.05, 4.69) is 15.7 Å². The Bertz CT molecular complexity index is 1580. The highest BCUT2D eigenvalue weighted by Crippen LogP contribution is 2.47. The molecule has 5 unspecified atom stereocenters. The van der Waals surface area contributed by atoms with Crippen molar-refractivity contribution >= 4 is 39.3 Å². The molecule has 2 aromatic carbocycles. The maximum absolute atomic E-state index is 13.4. The van der Waals surface area contributed by atoms with Crippen LogP contribution >= 0.6 is 11.6 Å². The zero-order valence-electron chi connectivity index (χ0n) is 23.9. The first-order valence-electron chi connectivity index (χ1n) is 14.7. The Labute approximate surface area is 256 Å². The molecule has 43 heavy (non-hydrogen) atoms. The van der Waals surface area contributed by atoms with Crippen molar-refractivity contribution in [1.82, 2.24) is 9.62 Å². The third-order valence-corrected chi connectivity index (χ3v) is 11.2. The molecule has 12 heteroatoms. The highest BCUT2D eigenvalue weighted by Gasteiger charge is 2.44. The van der Waals surface area contributed by atoms with E-state index in [0.29, 0.717) is 36.2 Å². The molecule has 0 saturated heterocycles. The number of benzene rings is 2. The Morgan fingerprint density at radius 2 is 2.00 bits per heavy atom. The molecule has 3 N–H and O–H groups in total. The average Bonchev–Trinajstić information content (AvgIpc) is 3.09. The molecule has 2 amide bonds. The number of amides is 2. The van der Waals surface area contributed by atoms with Crippen LogP contribution in [0, 0.1) is 11.8 Å². The molecule has 2 heterocycles. The Kier molecular flexibility index (Phi) is 7.85. The molecule has 2 aromatic rings. The Morgan fingerprint density at radius 1 is 1.19 bits per heavy atom. The smallest absolute Gasteiger partial charge is 0.408 e. The van der Waals surface area contributed by atoms with Gasteiger partial charge in [0, 0.05) is 30.1 Å². The van der Waals surface area contributed by atoms with Gasteiger partial charge >= 0.3 is 6.09 Å². The van der Waals surface area contributed by atoms with E-state index in [1.165, 1.54) is 36.3 Å². The number of hydrogen-bond acceptors (Lipinski definition) is 7. The normalized spacial score (nSPS) is 30.3. The van der Waals surface area contributed by atoms with Crippen LogP contribution in [0.5, 0.6) is 5.75 Å². The van der Waals surface area contributed by atoms with E-state index in [1.54, 1.807) is 12.1 Å². The van der Waals surface area contributed by atoms with Crippen molar-refractivity contribution in [2.45, 2.75) is 61.5 Å². The van der Waals surface area contributed by atoms with Gasteiger partial charge in [-0.25, -0.2) is 17.9 Å². The van der Waals surface area contributed by atoms with Gasteiger partial charge in [-0.15, -0.1) is 0 Å². The van der Waals surface area contributed by atoms with Crippen LogP contribution in [-0.4, -0.2) is 73.9 Å². The Morgan fingerprint density at radius 3 is 2.74 bits per heavy atom. The number of carbonyl (C=O) groups excluding carboxylic acids is 1. The molecule has 0 radical (unpaired) electrons. The number of nitrogens with one attached hydrogen (secondary N) is 1. The van der Waals surface area contributed by atoms with E-state index in [0.717, 1.165) is 37.0 Å². The van der Waals surface area contributed by atoms with Crippen LogP contribution in [0.3, 0.4) is 0 Å². The van der Waals surface area contributed by atoms with E-state index in [9.17, 15) is 28.2 Å². The molecule has 1 saturated carbocycles. The summed E-state index contributed by atoms with van der Waals surface area (Å²) in [5.41, 5.74) is 2.64. The molecular formula is C31H36ClN3O7S. The lowest BCUT2D eigenvalue weighted by Crippen LogP contribution is -2.50. The van der Waals surface area contributed by atoms with E-state index in [-0.39, 0.29) is 28.7 Å². The van der Waals surface area contributed by atoms with Gasteiger partial charge in [0.25, 0.3) is 15.9 Å². The summed E-state index contributed by atoms with van der Waals surface area (Å²) in [4.78, 5) is 27.8. The van der Waals surface area contributed by atoms with Gasteiger partial charge in [0.2, 0.25) is 0 Å². The number of carbonyl (C=O) groups is 2. The second kappa shape index (κ2) is 11.3. The summed E-state index contributed by atoms with van der Waals surface area (Å²) in [5, 5.41) is 21.5. The van der Waals surface area contributed by atoms with Gasteiger partial charge in [-0.1, -0.05) is 29.8 Å². The first kappa shape index (κ1) is 29.8. The quantitative estimate of drug-likeness (QED) is 0.373. The van der Waals surface area contributed by atoms with Gasteiger partial charge in [-0.3, -0.25) is 9.69 Å². The Balaban J connectivity index is 1.43. The predicted molar refractivity (Wildman–Crippen MR) is 161 cm³/mol. The van der Waals surface area contributed by atoms with Crippen molar-refractivity contribution in [3.05, 3.63) is 64.7 Å². The van der Waals surface area contributed by atoms with Crippen LogP contribution in [-0.2, 0) is 26.7 Å². The number of aryl methyl sites for hydroxylation is 1.